The summed E-state index contributed by atoms with van der Waals surface area (Å²) in [6, 6.07) is 66.8. The van der Waals surface area contributed by atoms with Gasteiger partial charge < -0.3 is 4.90 Å². The fourth-order valence-corrected chi connectivity index (χ4v) is 14.2. The molecule has 2 aliphatic rings. The van der Waals surface area contributed by atoms with E-state index in [2.05, 4.69) is 222 Å². The van der Waals surface area contributed by atoms with Crippen LogP contribution in [-0.2, 0) is 5.41 Å². The lowest BCUT2D eigenvalue weighted by molar-refractivity contribution is -0.0236. The molecule has 0 aromatic heterocycles. The summed E-state index contributed by atoms with van der Waals surface area (Å²) in [6.45, 7) is 15.2. The first-order valence-corrected chi connectivity index (χ1v) is 22.9. The minimum Gasteiger partial charge on any atom is -0.334 e. The minimum atomic E-state index is -0.116. The van der Waals surface area contributed by atoms with Gasteiger partial charge in [0.1, 0.15) is 0 Å². The molecule has 1 aliphatic carbocycles. The highest BCUT2D eigenvalue weighted by molar-refractivity contribution is 6.46. The molecular formula is C62H51N. The molecule has 0 radical (unpaired) electrons. The van der Waals surface area contributed by atoms with E-state index in [1.807, 2.05) is 0 Å². The molecule has 1 aliphatic heterocycles. The molecule has 1 nitrogen and oxygen atoms in total. The molecule has 0 spiro atoms. The highest BCUT2D eigenvalue weighted by atomic mass is 15.3. The lowest BCUT2D eigenvalue weighted by Crippen LogP contribution is -2.65. The summed E-state index contributed by atoms with van der Waals surface area (Å²) in [5, 5.41) is 16.1. The summed E-state index contributed by atoms with van der Waals surface area (Å²) in [5.74, 6) is 0. The Balaban J connectivity index is 1.15. The van der Waals surface area contributed by atoms with Gasteiger partial charge in [-0.05, 0) is 158 Å². The first-order valence-electron chi connectivity index (χ1n) is 22.9. The molecule has 0 amide bonds. The zero-order chi connectivity index (χ0) is 42.6. The smallest absolute Gasteiger partial charge is 0.0528 e. The van der Waals surface area contributed by atoms with E-state index in [0.29, 0.717) is 0 Å². The van der Waals surface area contributed by atoms with Crippen molar-refractivity contribution in [2.45, 2.75) is 65.3 Å². The number of anilines is 2. The van der Waals surface area contributed by atoms with Crippen LogP contribution < -0.4 is 4.90 Å². The molecule has 63 heavy (non-hydrogen) atoms. The van der Waals surface area contributed by atoms with Crippen LogP contribution in [0.5, 0.6) is 0 Å². The Morgan fingerprint density at radius 3 is 1.49 bits per heavy atom. The number of para-hydroxylation sites is 1. The van der Waals surface area contributed by atoms with E-state index in [0.717, 1.165) is 6.42 Å². The van der Waals surface area contributed by atoms with E-state index in [1.54, 1.807) is 0 Å². The Morgan fingerprint density at radius 1 is 0.397 bits per heavy atom. The van der Waals surface area contributed by atoms with E-state index in [1.165, 1.54) is 121 Å². The maximum absolute atomic E-state index is 2.72. The second-order valence-electron chi connectivity index (χ2n) is 20.8. The zero-order valence-electron chi connectivity index (χ0n) is 37.1. The fourth-order valence-electron chi connectivity index (χ4n) is 14.2. The lowest BCUT2D eigenvalue weighted by atomic mass is 9.45. The van der Waals surface area contributed by atoms with Gasteiger partial charge in [-0.1, -0.05) is 186 Å². The average molecular weight is 810 g/mol. The first kappa shape index (κ1) is 36.9. The molecule has 0 N–H and O–H groups in total. The van der Waals surface area contributed by atoms with Crippen LogP contribution in [0, 0.1) is 10.8 Å². The van der Waals surface area contributed by atoms with Gasteiger partial charge in [0.05, 0.1) is 5.54 Å². The number of hydrogen-bond acceptors (Lipinski definition) is 1. The van der Waals surface area contributed by atoms with Gasteiger partial charge in [0.2, 0.25) is 0 Å². The Labute approximate surface area is 370 Å². The SMILES string of the molecule is CC1(C)CC(C)(C)C2(C)c3cc(-c4ccc5c6c(-c7ccccc7)c7c8cccc9cccc(c7c(-c7ccccc7)c6c6cccc4c65)c98)ccc3N(c3ccccc3)C2(C)C1. The summed E-state index contributed by atoms with van der Waals surface area (Å²) in [7, 11) is 0. The molecule has 0 bridgehead atoms. The van der Waals surface area contributed by atoms with Crippen LogP contribution in [0.1, 0.15) is 59.9 Å². The van der Waals surface area contributed by atoms with E-state index >= 15 is 0 Å². The van der Waals surface area contributed by atoms with E-state index in [9.17, 15) is 0 Å². The number of hydrogen-bond donors (Lipinski definition) is 0. The van der Waals surface area contributed by atoms with Gasteiger partial charge in [-0.3, -0.25) is 0 Å². The van der Waals surface area contributed by atoms with Gasteiger partial charge in [0.25, 0.3) is 0 Å². The monoisotopic (exact) mass is 809 g/mol. The van der Waals surface area contributed by atoms with Crippen LogP contribution in [0.2, 0.25) is 0 Å². The summed E-state index contributed by atoms with van der Waals surface area (Å²) >= 11 is 0. The van der Waals surface area contributed by atoms with E-state index in [4.69, 9.17) is 0 Å². The second kappa shape index (κ2) is 12.5. The highest BCUT2D eigenvalue weighted by Gasteiger charge is 2.67. The lowest BCUT2D eigenvalue weighted by Gasteiger charge is -2.62. The van der Waals surface area contributed by atoms with Crippen molar-refractivity contribution in [3.63, 3.8) is 0 Å². The summed E-state index contributed by atoms with van der Waals surface area (Å²) in [4.78, 5) is 2.72. The van der Waals surface area contributed by atoms with Gasteiger partial charge in [-0.25, -0.2) is 0 Å². The summed E-state index contributed by atoms with van der Waals surface area (Å²) < 4.78 is 0. The maximum atomic E-state index is 2.72. The second-order valence-corrected chi connectivity index (χ2v) is 20.8. The topological polar surface area (TPSA) is 3.24 Å². The van der Waals surface area contributed by atoms with Gasteiger partial charge >= 0.3 is 0 Å². The maximum Gasteiger partial charge on any atom is 0.0528 e. The Hall–Kier alpha value is -6.70. The molecule has 13 rings (SSSR count). The standard InChI is InChI=1S/C62H51N/c1-59(2)36-60(3,4)62(6)49-35-41(31-34-50(49)63(61(62,5)37-59)42-25-14-9-15-26-42)43-32-33-48-54-44(43)27-18-30-47(54)57-52(39-19-10-7-11-20-39)55-45-28-16-23-38-24-17-29-46(51(38)45)56(55)53(58(48)57)40-21-12-8-13-22-40/h7-35H,36-37H2,1-6H3. The average Bonchev–Trinajstić information content (AvgIpc) is 3.87. The predicted molar refractivity (Wildman–Crippen MR) is 271 cm³/mol. The molecule has 11 aromatic rings. The van der Waals surface area contributed by atoms with Crippen molar-refractivity contribution < 1.29 is 0 Å². The van der Waals surface area contributed by atoms with E-state index in [-0.39, 0.29) is 21.8 Å². The zero-order valence-corrected chi connectivity index (χ0v) is 37.1. The highest BCUT2D eigenvalue weighted by Crippen LogP contribution is 2.70. The third-order valence-electron chi connectivity index (χ3n) is 16.4. The van der Waals surface area contributed by atoms with Gasteiger partial charge in [0.15, 0.2) is 0 Å². The third kappa shape index (κ3) is 4.68. The van der Waals surface area contributed by atoms with Crippen molar-refractivity contribution in [1.82, 2.24) is 0 Å². The van der Waals surface area contributed by atoms with Crippen molar-refractivity contribution in [2.75, 3.05) is 4.90 Å². The molecular weight excluding hydrogens is 759 g/mol. The van der Waals surface area contributed by atoms with Crippen LogP contribution in [0.4, 0.5) is 11.4 Å². The molecule has 1 heteroatoms. The van der Waals surface area contributed by atoms with Crippen molar-refractivity contribution in [3.05, 3.63) is 181 Å². The molecule has 2 unspecified atom stereocenters. The van der Waals surface area contributed by atoms with Crippen LogP contribution in [0.25, 0.3) is 98.0 Å². The minimum absolute atomic E-state index is 0.0507. The molecule has 11 aromatic carbocycles. The molecule has 304 valence electrons. The Bertz CT molecular complexity index is 3510. The normalized spacial score (nSPS) is 20.4. The van der Waals surface area contributed by atoms with Gasteiger partial charge in [-0.15, -0.1) is 0 Å². The predicted octanol–water partition coefficient (Wildman–Crippen LogP) is 17.5. The van der Waals surface area contributed by atoms with Gasteiger partial charge in [-0.2, -0.15) is 0 Å². The Morgan fingerprint density at radius 2 is 0.905 bits per heavy atom. The van der Waals surface area contributed by atoms with Crippen LogP contribution >= 0.6 is 0 Å². The van der Waals surface area contributed by atoms with Crippen molar-refractivity contribution >= 4 is 76.0 Å². The molecule has 0 saturated heterocycles. The number of rotatable bonds is 4. The number of nitrogens with zero attached hydrogens (tertiary/aromatic N) is 1. The molecule has 1 saturated carbocycles. The molecule has 1 heterocycles. The number of benzene rings is 9. The van der Waals surface area contributed by atoms with Crippen molar-refractivity contribution in [2.24, 2.45) is 10.8 Å². The summed E-state index contributed by atoms with van der Waals surface area (Å²) in [6.07, 6.45) is 2.29. The van der Waals surface area contributed by atoms with Crippen molar-refractivity contribution in [3.8, 4) is 33.4 Å². The fraction of sp³-hybridized carbons (Fsp3) is 0.194. The molecule has 1 fully saturated rings. The summed E-state index contributed by atoms with van der Waals surface area (Å²) in [5.41, 5.74) is 11.9. The van der Waals surface area contributed by atoms with Crippen LogP contribution in [0.15, 0.2) is 176 Å². The Kier molecular flexibility index (Phi) is 7.31. The molecule has 2 atom stereocenters. The van der Waals surface area contributed by atoms with Crippen molar-refractivity contribution in [1.29, 1.82) is 0 Å². The van der Waals surface area contributed by atoms with Crippen LogP contribution in [0.3, 0.4) is 0 Å². The quantitative estimate of drug-likeness (QED) is 0.171. The largest absolute Gasteiger partial charge is 0.334 e. The third-order valence-corrected chi connectivity index (χ3v) is 16.4. The van der Waals surface area contributed by atoms with E-state index < -0.39 is 0 Å². The number of fused-ring (bicyclic) bond motifs is 9. The van der Waals surface area contributed by atoms with Crippen LogP contribution in [-0.4, -0.2) is 5.54 Å². The first-order chi connectivity index (χ1) is 30.5. The van der Waals surface area contributed by atoms with Gasteiger partial charge in [0, 0.05) is 16.8 Å².